The van der Waals surface area contributed by atoms with Crippen LogP contribution >= 0.6 is 11.3 Å². The monoisotopic (exact) mass is 234 g/mol. The molecule has 0 fully saturated rings. The van der Waals surface area contributed by atoms with E-state index >= 15 is 0 Å². The van der Waals surface area contributed by atoms with Gasteiger partial charge in [0.15, 0.2) is 0 Å². The van der Waals surface area contributed by atoms with Gasteiger partial charge < -0.3 is 5.32 Å². The number of aromatic nitrogens is 3. The van der Waals surface area contributed by atoms with Crippen LogP contribution in [0.2, 0.25) is 0 Å². The predicted molar refractivity (Wildman–Crippen MR) is 65.8 cm³/mol. The molecule has 0 aliphatic rings. The summed E-state index contributed by atoms with van der Waals surface area (Å²) in [6.07, 6.45) is 2.51. The highest BCUT2D eigenvalue weighted by atomic mass is 32.1. The molecule has 0 atom stereocenters. The van der Waals surface area contributed by atoms with Crippen LogP contribution in [-0.4, -0.2) is 21.5 Å². The van der Waals surface area contributed by atoms with E-state index in [-0.39, 0.29) is 0 Å². The van der Waals surface area contributed by atoms with Gasteiger partial charge in [-0.2, -0.15) is 0 Å². The topological polar surface area (TPSA) is 50.7 Å². The molecular formula is C11H14N4S. The minimum Gasteiger partial charge on any atom is -0.370 e. The second-order valence-electron chi connectivity index (χ2n) is 3.60. The Hall–Kier alpha value is -1.49. The van der Waals surface area contributed by atoms with E-state index in [1.807, 2.05) is 19.9 Å². The quantitative estimate of drug-likeness (QED) is 0.881. The van der Waals surface area contributed by atoms with E-state index in [4.69, 9.17) is 0 Å². The van der Waals surface area contributed by atoms with E-state index in [1.165, 1.54) is 0 Å². The van der Waals surface area contributed by atoms with Crippen LogP contribution in [0.4, 0.5) is 5.82 Å². The van der Waals surface area contributed by atoms with Crippen molar-refractivity contribution in [1.29, 1.82) is 0 Å². The Morgan fingerprint density at radius 2 is 2.12 bits per heavy atom. The van der Waals surface area contributed by atoms with E-state index in [0.29, 0.717) is 0 Å². The lowest BCUT2D eigenvalue weighted by atomic mass is 10.4. The molecule has 84 valence electrons. The first-order chi connectivity index (χ1) is 7.74. The number of rotatable bonds is 4. The van der Waals surface area contributed by atoms with Gasteiger partial charge in [-0.15, -0.1) is 11.3 Å². The fraction of sp³-hybridized carbons (Fsp3) is 0.364. The summed E-state index contributed by atoms with van der Waals surface area (Å²) in [6.45, 7) is 4.82. The molecule has 0 bridgehead atoms. The van der Waals surface area contributed by atoms with Crippen molar-refractivity contribution in [3.05, 3.63) is 34.2 Å². The third-order valence-electron chi connectivity index (χ3n) is 2.12. The smallest absolute Gasteiger partial charge is 0.129 e. The molecule has 0 aromatic carbocycles. The maximum absolute atomic E-state index is 4.41. The highest BCUT2D eigenvalue weighted by Gasteiger charge is 1.99. The summed E-state index contributed by atoms with van der Waals surface area (Å²) >= 11 is 1.70. The Morgan fingerprint density at radius 3 is 2.81 bits per heavy atom. The largest absolute Gasteiger partial charge is 0.370 e. The Morgan fingerprint density at radius 1 is 1.25 bits per heavy atom. The number of anilines is 1. The van der Waals surface area contributed by atoms with Crippen LogP contribution in [0.5, 0.6) is 0 Å². The molecule has 1 N–H and O–H groups in total. The summed E-state index contributed by atoms with van der Waals surface area (Å²) in [6, 6.07) is 1.94. The van der Waals surface area contributed by atoms with Gasteiger partial charge in [-0.1, -0.05) is 0 Å². The van der Waals surface area contributed by atoms with Gasteiger partial charge >= 0.3 is 0 Å². The maximum Gasteiger partial charge on any atom is 0.129 e. The van der Waals surface area contributed by atoms with E-state index in [2.05, 4.69) is 25.6 Å². The number of nitrogens with one attached hydrogen (secondary N) is 1. The van der Waals surface area contributed by atoms with Crippen LogP contribution in [0.1, 0.15) is 16.4 Å². The standard InChI is InChI=1S/C11H14N4S/c1-8-5-10(14-7-13-8)12-4-3-11-15-9(2)6-16-11/h5-7H,3-4H2,1-2H3,(H,12,13,14). The number of nitrogens with zero attached hydrogens (tertiary/aromatic N) is 3. The summed E-state index contributed by atoms with van der Waals surface area (Å²) in [7, 11) is 0. The predicted octanol–water partition coefficient (Wildman–Crippen LogP) is 2.20. The number of hydrogen-bond acceptors (Lipinski definition) is 5. The van der Waals surface area contributed by atoms with Crippen LogP contribution in [0.15, 0.2) is 17.8 Å². The highest BCUT2D eigenvalue weighted by Crippen LogP contribution is 2.09. The van der Waals surface area contributed by atoms with Crippen molar-refractivity contribution in [2.24, 2.45) is 0 Å². The SMILES string of the molecule is Cc1cc(NCCc2nc(C)cs2)ncn1. The second kappa shape index (κ2) is 5.03. The van der Waals surface area contributed by atoms with Crippen LogP contribution < -0.4 is 5.32 Å². The van der Waals surface area contributed by atoms with Crippen molar-refractivity contribution in [1.82, 2.24) is 15.0 Å². The van der Waals surface area contributed by atoms with Crippen LogP contribution in [0, 0.1) is 13.8 Å². The number of thiazole rings is 1. The molecule has 16 heavy (non-hydrogen) atoms. The fourth-order valence-corrected chi connectivity index (χ4v) is 2.14. The van der Waals surface area contributed by atoms with Crippen LogP contribution in [0.25, 0.3) is 0 Å². The van der Waals surface area contributed by atoms with E-state index in [9.17, 15) is 0 Å². The van der Waals surface area contributed by atoms with Gasteiger partial charge in [0.25, 0.3) is 0 Å². The lowest BCUT2D eigenvalue weighted by Crippen LogP contribution is -2.06. The molecule has 2 rings (SSSR count). The van der Waals surface area contributed by atoms with E-state index in [1.54, 1.807) is 17.7 Å². The van der Waals surface area contributed by atoms with Gasteiger partial charge in [0.05, 0.1) is 5.01 Å². The molecule has 0 unspecified atom stereocenters. The zero-order valence-corrected chi connectivity index (χ0v) is 10.2. The first-order valence-corrected chi connectivity index (χ1v) is 6.05. The third-order valence-corrected chi connectivity index (χ3v) is 3.14. The molecule has 0 aliphatic heterocycles. The summed E-state index contributed by atoms with van der Waals surface area (Å²) in [5, 5.41) is 6.50. The van der Waals surface area contributed by atoms with Gasteiger partial charge in [-0.3, -0.25) is 0 Å². The highest BCUT2D eigenvalue weighted by molar-refractivity contribution is 7.09. The van der Waals surface area contributed by atoms with Crippen molar-refractivity contribution < 1.29 is 0 Å². The molecule has 2 aromatic rings. The Balaban J connectivity index is 1.84. The molecule has 0 saturated heterocycles. The zero-order chi connectivity index (χ0) is 11.4. The molecule has 0 amide bonds. The van der Waals surface area contributed by atoms with Crippen LogP contribution in [0.3, 0.4) is 0 Å². The van der Waals surface area contributed by atoms with Crippen molar-refractivity contribution in [3.8, 4) is 0 Å². The normalized spacial score (nSPS) is 10.4. The molecule has 2 heterocycles. The molecule has 0 aliphatic carbocycles. The van der Waals surface area contributed by atoms with Crippen molar-refractivity contribution in [3.63, 3.8) is 0 Å². The molecule has 0 radical (unpaired) electrons. The fourth-order valence-electron chi connectivity index (χ4n) is 1.37. The Bertz CT molecular complexity index is 467. The number of hydrogen-bond donors (Lipinski definition) is 1. The van der Waals surface area contributed by atoms with E-state index in [0.717, 1.165) is 35.2 Å². The molecular weight excluding hydrogens is 220 g/mol. The lowest BCUT2D eigenvalue weighted by Gasteiger charge is -2.03. The van der Waals surface area contributed by atoms with E-state index < -0.39 is 0 Å². The Labute approximate surface area is 98.8 Å². The first-order valence-electron chi connectivity index (χ1n) is 5.17. The first kappa shape index (κ1) is 11.0. The van der Waals surface area contributed by atoms with Gasteiger partial charge in [-0.25, -0.2) is 15.0 Å². The molecule has 5 heteroatoms. The van der Waals surface area contributed by atoms with Crippen molar-refractivity contribution in [2.45, 2.75) is 20.3 Å². The summed E-state index contributed by atoms with van der Waals surface area (Å²) in [4.78, 5) is 12.6. The molecule has 0 spiro atoms. The maximum atomic E-state index is 4.41. The minimum atomic E-state index is 0.851. The zero-order valence-electron chi connectivity index (χ0n) is 9.40. The summed E-state index contributed by atoms with van der Waals surface area (Å²) < 4.78 is 0. The molecule has 0 saturated carbocycles. The summed E-state index contributed by atoms with van der Waals surface area (Å²) in [5.41, 5.74) is 2.07. The average molecular weight is 234 g/mol. The second-order valence-corrected chi connectivity index (χ2v) is 4.55. The van der Waals surface area contributed by atoms with Gasteiger partial charge in [-0.05, 0) is 13.8 Å². The average Bonchev–Trinajstić information content (AvgIpc) is 2.64. The minimum absolute atomic E-state index is 0.851. The Kier molecular flexibility index (Phi) is 3.46. The summed E-state index contributed by atoms with van der Waals surface area (Å²) in [5.74, 6) is 0.876. The number of aryl methyl sites for hydroxylation is 2. The third kappa shape index (κ3) is 3.00. The lowest BCUT2D eigenvalue weighted by molar-refractivity contribution is 0.969. The van der Waals surface area contributed by atoms with Crippen molar-refractivity contribution in [2.75, 3.05) is 11.9 Å². The van der Waals surface area contributed by atoms with Gasteiger partial charge in [0.1, 0.15) is 12.1 Å². The van der Waals surface area contributed by atoms with Gasteiger partial charge in [0.2, 0.25) is 0 Å². The molecule has 4 nitrogen and oxygen atoms in total. The van der Waals surface area contributed by atoms with Crippen LogP contribution in [-0.2, 0) is 6.42 Å². The van der Waals surface area contributed by atoms with Gasteiger partial charge in [0, 0.05) is 35.8 Å². The van der Waals surface area contributed by atoms with Crippen molar-refractivity contribution >= 4 is 17.2 Å². The molecule has 2 aromatic heterocycles.